The van der Waals surface area contributed by atoms with Gasteiger partial charge in [0.05, 0.1) is 0 Å². The average Bonchev–Trinajstić information content (AvgIpc) is 3.17. The Morgan fingerprint density at radius 1 is 1.35 bits per heavy atom. The monoisotopic (exact) mass is 275 g/mol. The molecule has 0 radical (unpaired) electrons. The minimum absolute atomic E-state index is 0.201. The van der Waals surface area contributed by atoms with Crippen LogP contribution in [0.25, 0.3) is 5.95 Å². The second kappa shape index (κ2) is 5.41. The van der Waals surface area contributed by atoms with Crippen LogP contribution in [0.15, 0.2) is 18.5 Å². The first-order chi connectivity index (χ1) is 9.80. The number of hydrogen-bond acceptors (Lipinski definition) is 7. The Bertz CT molecular complexity index is 571. The van der Waals surface area contributed by atoms with Gasteiger partial charge in [-0.15, -0.1) is 0 Å². The van der Waals surface area contributed by atoms with Crippen molar-refractivity contribution in [2.75, 3.05) is 37.0 Å². The van der Waals surface area contributed by atoms with E-state index < -0.39 is 0 Å². The van der Waals surface area contributed by atoms with Gasteiger partial charge in [-0.3, -0.25) is 0 Å². The first-order valence-electron chi connectivity index (χ1n) is 6.60. The first kappa shape index (κ1) is 12.8. The lowest BCUT2D eigenvalue weighted by Gasteiger charge is -2.17. The lowest BCUT2D eigenvalue weighted by Crippen LogP contribution is -2.24. The van der Waals surface area contributed by atoms with Crippen molar-refractivity contribution in [2.24, 2.45) is 5.92 Å². The van der Waals surface area contributed by atoms with Gasteiger partial charge in [-0.25, -0.2) is 4.68 Å². The number of rotatable bonds is 4. The molecular formula is C12H17N7O. The maximum absolute atomic E-state index is 9.23. The van der Waals surface area contributed by atoms with Gasteiger partial charge in [-0.05, 0) is 12.5 Å². The van der Waals surface area contributed by atoms with Crippen molar-refractivity contribution in [2.45, 2.75) is 6.42 Å². The number of hydrogen-bond donors (Lipinski definition) is 2. The van der Waals surface area contributed by atoms with Crippen LogP contribution in [0.3, 0.4) is 0 Å². The van der Waals surface area contributed by atoms with Crippen LogP contribution in [0.1, 0.15) is 6.42 Å². The molecule has 0 aliphatic carbocycles. The van der Waals surface area contributed by atoms with Gasteiger partial charge in [-0.1, -0.05) is 0 Å². The first-order valence-corrected chi connectivity index (χ1v) is 6.60. The summed E-state index contributed by atoms with van der Waals surface area (Å²) in [5, 5.41) is 16.3. The van der Waals surface area contributed by atoms with E-state index >= 15 is 0 Å². The minimum atomic E-state index is 0.201. The molecule has 2 aromatic heterocycles. The van der Waals surface area contributed by atoms with Crippen molar-refractivity contribution in [1.82, 2.24) is 24.7 Å². The molecule has 1 fully saturated rings. The molecule has 1 atom stereocenters. The summed E-state index contributed by atoms with van der Waals surface area (Å²) < 4.78 is 1.60. The van der Waals surface area contributed by atoms with Crippen LogP contribution in [0.2, 0.25) is 0 Å². The van der Waals surface area contributed by atoms with Crippen LogP contribution >= 0.6 is 0 Å². The zero-order chi connectivity index (χ0) is 13.9. The van der Waals surface area contributed by atoms with Gasteiger partial charge in [0.2, 0.25) is 11.9 Å². The topological polar surface area (TPSA) is 92.0 Å². The van der Waals surface area contributed by atoms with Crippen LogP contribution in [0.4, 0.5) is 11.9 Å². The highest BCUT2D eigenvalue weighted by atomic mass is 16.3. The summed E-state index contributed by atoms with van der Waals surface area (Å²) in [7, 11) is 1.77. The molecule has 8 heteroatoms. The summed E-state index contributed by atoms with van der Waals surface area (Å²) in [5.41, 5.74) is 0. The van der Waals surface area contributed by atoms with Gasteiger partial charge in [-0.2, -0.15) is 20.1 Å². The predicted octanol–water partition coefficient (Wildman–Crippen LogP) is -0.0824. The number of anilines is 2. The fourth-order valence-corrected chi connectivity index (χ4v) is 2.26. The number of aliphatic hydroxyl groups excluding tert-OH is 1. The van der Waals surface area contributed by atoms with E-state index in [9.17, 15) is 5.11 Å². The van der Waals surface area contributed by atoms with Crippen LogP contribution in [0.5, 0.6) is 0 Å². The third-order valence-electron chi connectivity index (χ3n) is 3.37. The summed E-state index contributed by atoms with van der Waals surface area (Å²) in [6.07, 6.45) is 4.42. The molecule has 8 nitrogen and oxygen atoms in total. The van der Waals surface area contributed by atoms with Gasteiger partial charge in [0.1, 0.15) is 0 Å². The standard InChI is InChI=1S/C12H17N7O/c1-13-10-15-11(18-6-3-9(7-18)8-20)17-12(16-10)19-5-2-4-14-19/h2,4-5,9,20H,3,6-8H2,1H3,(H,13,15,16,17). The Morgan fingerprint density at radius 2 is 2.20 bits per heavy atom. The van der Waals surface area contributed by atoms with Gasteiger partial charge >= 0.3 is 0 Å². The van der Waals surface area contributed by atoms with E-state index in [4.69, 9.17) is 0 Å². The summed E-state index contributed by atoms with van der Waals surface area (Å²) in [6.45, 7) is 1.81. The Balaban J connectivity index is 1.93. The molecule has 0 saturated carbocycles. The second-order valence-corrected chi connectivity index (χ2v) is 4.74. The molecule has 0 aromatic carbocycles. The smallest absolute Gasteiger partial charge is 0.257 e. The zero-order valence-corrected chi connectivity index (χ0v) is 11.3. The molecule has 1 aliphatic rings. The predicted molar refractivity (Wildman–Crippen MR) is 73.9 cm³/mol. The molecule has 0 bridgehead atoms. The highest BCUT2D eigenvalue weighted by Gasteiger charge is 2.24. The molecule has 20 heavy (non-hydrogen) atoms. The second-order valence-electron chi connectivity index (χ2n) is 4.74. The Hall–Kier alpha value is -2.22. The third kappa shape index (κ3) is 2.42. The van der Waals surface area contributed by atoms with Crippen LogP contribution in [-0.4, -0.2) is 56.6 Å². The van der Waals surface area contributed by atoms with Crippen LogP contribution < -0.4 is 10.2 Å². The number of aromatic nitrogens is 5. The van der Waals surface area contributed by atoms with Gasteiger partial charge in [0.25, 0.3) is 5.95 Å². The molecule has 1 saturated heterocycles. The van der Waals surface area contributed by atoms with E-state index in [0.717, 1.165) is 19.5 Å². The largest absolute Gasteiger partial charge is 0.396 e. The maximum Gasteiger partial charge on any atom is 0.257 e. The molecule has 1 unspecified atom stereocenters. The fraction of sp³-hybridized carbons (Fsp3) is 0.500. The van der Waals surface area contributed by atoms with E-state index in [-0.39, 0.29) is 12.5 Å². The summed E-state index contributed by atoms with van der Waals surface area (Å²) in [4.78, 5) is 15.2. The summed E-state index contributed by atoms with van der Waals surface area (Å²) in [5.74, 6) is 1.90. The molecule has 3 rings (SSSR count). The van der Waals surface area contributed by atoms with Crippen molar-refractivity contribution in [3.63, 3.8) is 0 Å². The third-order valence-corrected chi connectivity index (χ3v) is 3.37. The lowest BCUT2D eigenvalue weighted by molar-refractivity contribution is 0.238. The van der Waals surface area contributed by atoms with E-state index in [1.54, 1.807) is 24.1 Å². The zero-order valence-electron chi connectivity index (χ0n) is 11.3. The minimum Gasteiger partial charge on any atom is -0.396 e. The molecule has 1 aliphatic heterocycles. The molecule has 106 valence electrons. The van der Waals surface area contributed by atoms with Crippen molar-refractivity contribution in [3.05, 3.63) is 18.5 Å². The van der Waals surface area contributed by atoms with Gasteiger partial charge in [0.15, 0.2) is 0 Å². The SMILES string of the molecule is CNc1nc(N2CCC(CO)C2)nc(-n2cccn2)n1. The molecule has 2 N–H and O–H groups in total. The van der Waals surface area contributed by atoms with E-state index in [0.29, 0.717) is 17.8 Å². The molecular weight excluding hydrogens is 258 g/mol. The fourth-order valence-electron chi connectivity index (χ4n) is 2.26. The quantitative estimate of drug-likeness (QED) is 0.806. The Morgan fingerprint density at radius 3 is 2.85 bits per heavy atom. The Labute approximate surface area is 116 Å². The van der Waals surface area contributed by atoms with E-state index in [1.807, 2.05) is 6.07 Å². The van der Waals surface area contributed by atoms with Gasteiger partial charge < -0.3 is 15.3 Å². The molecule has 3 heterocycles. The molecule has 0 spiro atoms. The molecule has 2 aromatic rings. The van der Waals surface area contributed by atoms with E-state index in [1.165, 1.54) is 0 Å². The summed E-state index contributed by atoms with van der Waals surface area (Å²) in [6, 6.07) is 1.82. The van der Waals surface area contributed by atoms with Crippen molar-refractivity contribution >= 4 is 11.9 Å². The van der Waals surface area contributed by atoms with Crippen LogP contribution in [-0.2, 0) is 0 Å². The highest BCUT2D eigenvalue weighted by molar-refractivity contribution is 5.40. The summed E-state index contributed by atoms with van der Waals surface area (Å²) >= 11 is 0. The number of nitrogens with zero attached hydrogens (tertiary/aromatic N) is 6. The Kier molecular flexibility index (Phi) is 3.46. The van der Waals surface area contributed by atoms with Crippen molar-refractivity contribution in [3.8, 4) is 5.95 Å². The highest BCUT2D eigenvalue weighted by Crippen LogP contribution is 2.21. The van der Waals surface area contributed by atoms with Crippen molar-refractivity contribution < 1.29 is 5.11 Å². The number of nitrogens with one attached hydrogen (secondary N) is 1. The number of aliphatic hydroxyl groups is 1. The van der Waals surface area contributed by atoms with Gasteiger partial charge in [0, 0.05) is 45.1 Å². The van der Waals surface area contributed by atoms with E-state index in [2.05, 4.69) is 30.3 Å². The normalized spacial score (nSPS) is 18.5. The van der Waals surface area contributed by atoms with Crippen molar-refractivity contribution in [1.29, 1.82) is 0 Å². The van der Waals surface area contributed by atoms with Crippen LogP contribution in [0, 0.1) is 5.92 Å². The average molecular weight is 275 g/mol. The lowest BCUT2D eigenvalue weighted by atomic mass is 10.1. The molecule has 0 amide bonds. The maximum atomic E-state index is 9.23.